The van der Waals surface area contributed by atoms with Crippen molar-refractivity contribution in [2.24, 2.45) is 0 Å². The van der Waals surface area contributed by atoms with Crippen LogP contribution in [0.2, 0.25) is 0 Å². The summed E-state index contributed by atoms with van der Waals surface area (Å²) in [5, 5.41) is 2.36. The maximum Gasteiger partial charge on any atom is 0.188 e. The molecule has 0 spiro atoms. The standard InChI is InChI=1S/C45H41N4S.Pt/c1-29(2)36-16-12-17-37(30(3)4)45(36)32-23-24-46-44(25-32)49-40-18-8-7-15-38(40)39-22-21-35(27-43(39)49)50-34-14-11-13-33(26-34)48-28-47(31(5)6)41-19-9-10-20-42(41)48;/h7-25,28-31H,1-6H3;/q-1;. The average Bonchev–Trinajstić information content (AvgIpc) is 3.68. The summed E-state index contributed by atoms with van der Waals surface area (Å²) in [5.41, 5.74) is 10.8. The minimum atomic E-state index is 0. The Hall–Kier alpha value is -4.44. The summed E-state index contributed by atoms with van der Waals surface area (Å²) in [4.78, 5) is 7.06. The zero-order chi connectivity index (χ0) is 34.5. The van der Waals surface area contributed by atoms with Gasteiger partial charge >= 0.3 is 0 Å². The van der Waals surface area contributed by atoms with Crippen LogP contribution < -0.4 is 0 Å². The fraction of sp³-hybridized carbons (Fsp3) is 0.200. The molecule has 6 heteroatoms. The summed E-state index contributed by atoms with van der Waals surface area (Å²) >= 11 is 1.69. The van der Waals surface area contributed by atoms with Crippen molar-refractivity contribution in [1.82, 2.24) is 18.7 Å². The molecule has 0 amide bonds. The molecular formula is C45H41N4PtS-. The van der Waals surface area contributed by atoms with Crippen molar-refractivity contribution in [2.45, 2.75) is 69.2 Å². The molecule has 3 heterocycles. The van der Waals surface area contributed by atoms with E-state index in [1.54, 1.807) is 11.8 Å². The fourth-order valence-corrected chi connectivity index (χ4v) is 8.07. The van der Waals surface area contributed by atoms with Crippen molar-refractivity contribution < 1.29 is 21.1 Å². The Morgan fingerprint density at radius 1 is 0.647 bits per heavy atom. The summed E-state index contributed by atoms with van der Waals surface area (Å²) in [6.45, 7) is 13.6. The van der Waals surface area contributed by atoms with E-state index in [1.165, 1.54) is 38.7 Å². The van der Waals surface area contributed by atoms with Gasteiger partial charge in [0.1, 0.15) is 5.82 Å². The summed E-state index contributed by atoms with van der Waals surface area (Å²) < 4.78 is 6.84. The van der Waals surface area contributed by atoms with Crippen LogP contribution in [0.1, 0.15) is 70.5 Å². The maximum absolute atomic E-state index is 4.98. The molecule has 0 unspecified atom stereocenters. The van der Waals surface area contributed by atoms with Gasteiger partial charge in [-0.25, -0.2) is 14.1 Å². The quantitative estimate of drug-likeness (QED) is 0.142. The first kappa shape index (κ1) is 35.0. The number of benzene rings is 5. The maximum atomic E-state index is 4.98. The summed E-state index contributed by atoms with van der Waals surface area (Å²) in [6.07, 6.45) is 4.15. The van der Waals surface area contributed by atoms with Crippen molar-refractivity contribution in [3.8, 4) is 22.6 Å². The minimum absolute atomic E-state index is 0. The first-order valence-corrected chi connectivity index (χ1v) is 18.4. The Labute approximate surface area is 319 Å². The van der Waals surface area contributed by atoms with Gasteiger partial charge < -0.3 is 4.57 Å². The topological polar surface area (TPSA) is 27.7 Å². The molecule has 0 aliphatic rings. The summed E-state index contributed by atoms with van der Waals surface area (Å²) in [6, 6.07) is 47.0. The largest absolute Gasteiger partial charge is 0.319 e. The predicted molar refractivity (Wildman–Crippen MR) is 210 cm³/mol. The van der Waals surface area contributed by atoms with E-state index in [2.05, 4.69) is 183 Å². The summed E-state index contributed by atoms with van der Waals surface area (Å²) in [7, 11) is 0. The molecular weight excluding hydrogens is 824 g/mol. The van der Waals surface area contributed by atoms with Crippen LogP contribution in [0.25, 0.3) is 55.5 Å². The van der Waals surface area contributed by atoms with E-state index >= 15 is 0 Å². The number of para-hydroxylation sites is 3. The monoisotopic (exact) mass is 864 g/mol. The zero-order valence-electron chi connectivity index (χ0n) is 29.8. The van der Waals surface area contributed by atoms with Gasteiger partial charge in [-0.15, -0.1) is 34.2 Å². The van der Waals surface area contributed by atoms with Gasteiger partial charge in [-0.05, 0) is 83.7 Å². The van der Waals surface area contributed by atoms with Crippen molar-refractivity contribution >= 4 is 44.6 Å². The molecule has 0 bridgehead atoms. The smallest absolute Gasteiger partial charge is 0.188 e. The number of aromatic nitrogens is 4. The molecule has 4 nitrogen and oxygen atoms in total. The van der Waals surface area contributed by atoms with E-state index in [0.29, 0.717) is 17.9 Å². The number of hydrogen-bond acceptors (Lipinski definition) is 2. The number of rotatable bonds is 8. The third-order valence-corrected chi connectivity index (χ3v) is 10.6. The molecule has 8 aromatic rings. The summed E-state index contributed by atoms with van der Waals surface area (Å²) in [5.74, 6) is 1.71. The van der Waals surface area contributed by atoms with Crippen molar-refractivity contribution in [3.05, 3.63) is 145 Å². The van der Waals surface area contributed by atoms with E-state index in [4.69, 9.17) is 4.98 Å². The van der Waals surface area contributed by atoms with Crippen LogP contribution >= 0.6 is 11.8 Å². The second-order valence-electron chi connectivity index (χ2n) is 13.9. The van der Waals surface area contributed by atoms with Gasteiger partial charge in [0.2, 0.25) is 0 Å². The Bertz CT molecular complexity index is 2500. The predicted octanol–water partition coefficient (Wildman–Crippen LogP) is 12.4. The molecule has 5 aromatic carbocycles. The van der Waals surface area contributed by atoms with Crippen LogP contribution in [-0.2, 0) is 21.1 Å². The van der Waals surface area contributed by atoms with Crippen molar-refractivity contribution in [1.29, 1.82) is 0 Å². The van der Waals surface area contributed by atoms with Gasteiger partial charge in [0, 0.05) is 50.6 Å². The number of fused-ring (bicyclic) bond motifs is 4. The number of hydrogen-bond donors (Lipinski definition) is 0. The molecule has 0 saturated carbocycles. The molecule has 0 aliphatic carbocycles. The second-order valence-corrected chi connectivity index (χ2v) is 15.0. The second kappa shape index (κ2) is 14.3. The van der Waals surface area contributed by atoms with Crippen LogP contribution in [0.3, 0.4) is 0 Å². The van der Waals surface area contributed by atoms with Gasteiger partial charge in [0.15, 0.2) is 17.4 Å². The number of imidazole rings is 1. The van der Waals surface area contributed by atoms with Gasteiger partial charge in [-0.1, -0.05) is 80.6 Å². The molecule has 0 radical (unpaired) electrons. The van der Waals surface area contributed by atoms with Crippen LogP contribution in [0, 0.1) is 12.1 Å². The third kappa shape index (κ3) is 6.36. The number of nitrogens with zero attached hydrogens (tertiary/aromatic N) is 4. The van der Waals surface area contributed by atoms with Gasteiger partial charge in [0.25, 0.3) is 0 Å². The van der Waals surface area contributed by atoms with Crippen LogP contribution in [0.5, 0.6) is 0 Å². The van der Waals surface area contributed by atoms with Gasteiger partial charge in [-0.2, -0.15) is 24.3 Å². The molecule has 0 atom stereocenters. The van der Waals surface area contributed by atoms with E-state index in [9.17, 15) is 0 Å². The Kier molecular flexibility index (Phi) is 9.80. The molecule has 0 N–H and O–H groups in total. The Morgan fingerprint density at radius 3 is 2.04 bits per heavy atom. The minimum Gasteiger partial charge on any atom is -0.319 e. The zero-order valence-corrected chi connectivity index (χ0v) is 32.9. The first-order valence-electron chi connectivity index (χ1n) is 17.6. The van der Waals surface area contributed by atoms with Crippen molar-refractivity contribution in [2.75, 3.05) is 0 Å². The first-order chi connectivity index (χ1) is 24.3. The van der Waals surface area contributed by atoms with Crippen molar-refractivity contribution in [3.63, 3.8) is 0 Å². The van der Waals surface area contributed by atoms with Gasteiger partial charge in [-0.3, -0.25) is 0 Å². The molecule has 0 saturated heterocycles. The van der Waals surface area contributed by atoms with Crippen LogP contribution in [0.15, 0.2) is 132 Å². The van der Waals surface area contributed by atoms with E-state index in [-0.39, 0.29) is 21.1 Å². The van der Waals surface area contributed by atoms with E-state index in [0.717, 1.165) is 37.7 Å². The fourth-order valence-electron chi connectivity index (χ4n) is 7.25. The Morgan fingerprint density at radius 2 is 1.31 bits per heavy atom. The number of pyridine rings is 1. The molecule has 51 heavy (non-hydrogen) atoms. The van der Waals surface area contributed by atoms with E-state index in [1.807, 2.05) is 6.20 Å². The van der Waals surface area contributed by atoms with Crippen LogP contribution in [-0.4, -0.2) is 18.7 Å². The molecule has 0 fully saturated rings. The molecule has 258 valence electrons. The molecule has 3 aromatic heterocycles. The normalized spacial score (nSPS) is 11.8. The average molecular weight is 865 g/mol. The third-order valence-electron chi connectivity index (χ3n) is 9.64. The van der Waals surface area contributed by atoms with Gasteiger partial charge in [0.05, 0.1) is 6.04 Å². The molecule has 8 rings (SSSR count). The molecule has 0 aliphatic heterocycles. The van der Waals surface area contributed by atoms with E-state index < -0.39 is 0 Å². The SMILES string of the molecule is CC(C)c1cccc(C(C)C)c1-c1ccnc(-n2c3[c-]c(Sc4[c-]c(-n5[cH+]n(C(C)C)c6ccccc65)ccc4)ccc3c3ccccc32)c1.[Pt]. The van der Waals surface area contributed by atoms with Crippen LogP contribution in [0.4, 0.5) is 0 Å². The Balaban J connectivity index is 0.00000406.